The van der Waals surface area contributed by atoms with Gasteiger partial charge in [0, 0.05) is 5.57 Å². The van der Waals surface area contributed by atoms with Crippen LogP contribution in [0.4, 0.5) is 13.2 Å². The first-order valence-corrected chi connectivity index (χ1v) is 9.59. The van der Waals surface area contributed by atoms with E-state index < -0.39 is 35.0 Å². The van der Waals surface area contributed by atoms with Crippen LogP contribution in [-0.4, -0.2) is 12.1 Å². The van der Waals surface area contributed by atoms with Gasteiger partial charge in [0.05, 0.1) is 5.92 Å². The maximum absolute atomic E-state index is 12.8. The zero-order valence-corrected chi connectivity index (χ0v) is 17.0. The Labute approximate surface area is 169 Å². The molecule has 1 aliphatic rings. The predicted molar refractivity (Wildman–Crippen MR) is 107 cm³/mol. The molecule has 0 heterocycles. The first-order valence-electron chi connectivity index (χ1n) is 9.59. The van der Waals surface area contributed by atoms with Crippen molar-refractivity contribution in [3.05, 3.63) is 71.3 Å². The van der Waals surface area contributed by atoms with E-state index in [1.807, 2.05) is 55.5 Å². The number of carbonyl (C=O) groups is 1. The maximum atomic E-state index is 12.8. The van der Waals surface area contributed by atoms with Crippen molar-refractivity contribution in [2.45, 2.75) is 40.5 Å². The number of hydrogen-bond acceptors (Lipinski definition) is 2. The second kappa shape index (κ2) is 7.69. The quantitative estimate of drug-likeness (QED) is 0.422. The third-order valence-electron chi connectivity index (χ3n) is 5.94. The van der Waals surface area contributed by atoms with Gasteiger partial charge < -0.3 is 4.74 Å². The fourth-order valence-electron chi connectivity index (χ4n) is 3.81. The molecule has 3 rings (SSSR count). The van der Waals surface area contributed by atoms with Gasteiger partial charge in [-0.2, -0.15) is 13.2 Å². The summed E-state index contributed by atoms with van der Waals surface area (Å²) in [5, 5.41) is 0. The number of ether oxygens (including phenoxy) is 1. The zero-order chi connectivity index (χ0) is 21.4. The fourth-order valence-corrected chi connectivity index (χ4v) is 3.81. The lowest BCUT2D eigenvalue weighted by Crippen LogP contribution is -2.12. The molecule has 0 radical (unpaired) electrons. The van der Waals surface area contributed by atoms with Crippen molar-refractivity contribution in [3.63, 3.8) is 0 Å². The molecule has 1 aliphatic carbocycles. The number of alkyl halides is 3. The number of rotatable bonds is 5. The van der Waals surface area contributed by atoms with Gasteiger partial charge in [-0.3, -0.25) is 4.79 Å². The van der Waals surface area contributed by atoms with Crippen LogP contribution in [0.1, 0.15) is 31.9 Å². The Morgan fingerprint density at radius 1 is 1.10 bits per heavy atom. The summed E-state index contributed by atoms with van der Waals surface area (Å²) in [4.78, 5) is 12.6. The number of hydrogen-bond donors (Lipinski definition) is 0. The van der Waals surface area contributed by atoms with Crippen LogP contribution >= 0.6 is 0 Å². The summed E-state index contributed by atoms with van der Waals surface area (Å²) in [6.07, 6.45) is -3.21. The molecule has 1 saturated carbocycles. The van der Waals surface area contributed by atoms with Gasteiger partial charge in [0.1, 0.15) is 6.61 Å². The minimum absolute atomic E-state index is 0.104. The number of carbonyl (C=O) groups excluding carboxylic acids is 1. The molecular weight excluding hydrogens is 377 g/mol. The lowest BCUT2D eigenvalue weighted by atomic mass is 9.97. The third kappa shape index (κ3) is 4.39. The topological polar surface area (TPSA) is 26.3 Å². The predicted octanol–water partition coefficient (Wildman–Crippen LogP) is 6.49. The van der Waals surface area contributed by atoms with Crippen LogP contribution in [-0.2, 0) is 16.1 Å². The van der Waals surface area contributed by atoms with Gasteiger partial charge in [-0.15, -0.1) is 0 Å². The Morgan fingerprint density at radius 3 is 2.38 bits per heavy atom. The van der Waals surface area contributed by atoms with Crippen LogP contribution in [0, 0.1) is 24.2 Å². The largest absolute Gasteiger partial charge is 0.461 e. The van der Waals surface area contributed by atoms with Crippen LogP contribution in [0.25, 0.3) is 11.1 Å². The van der Waals surface area contributed by atoms with Crippen LogP contribution in [0.5, 0.6) is 0 Å². The average molecular weight is 402 g/mol. The first kappa shape index (κ1) is 21.2. The molecule has 0 spiro atoms. The SMILES string of the molecule is C/C(=C\[C@@H]1[C@H](C(=O)OCc2cccc(-c3ccccc3)c2C)C1(C)C)C(F)(F)F. The normalized spacial score (nSPS) is 21.0. The van der Waals surface area contributed by atoms with Gasteiger partial charge in [0.2, 0.25) is 0 Å². The van der Waals surface area contributed by atoms with E-state index in [0.717, 1.165) is 35.3 Å². The third-order valence-corrected chi connectivity index (χ3v) is 5.94. The van der Waals surface area contributed by atoms with Crippen molar-refractivity contribution in [1.29, 1.82) is 0 Å². The molecule has 0 N–H and O–H groups in total. The number of halogens is 3. The van der Waals surface area contributed by atoms with Crippen molar-refractivity contribution in [2.75, 3.05) is 0 Å². The van der Waals surface area contributed by atoms with Crippen LogP contribution in [0.2, 0.25) is 0 Å². The van der Waals surface area contributed by atoms with Gasteiger partial charge in [0.15, 0.2) is 0 Å². The Balaban J connectivity index is 1.70. The van der Waals surface area contributed by atoms with Crippen LogP contribution in [0.15, 0.2) is 60.2 Å². The molecule has 0 amide bonds. The summed E-state index contributed by atoms with van der Waals surface area (Å²) in [6.45, 7) is 6.71. The van der Waals surface area contributed by atoms with E-state index in [0.29, 0.717) is 0 Å². The molecule has 2 nitrogen and oxygen atoms in total. The van der Waals surface area contributed by atoms with Gasteiger partial charge in [-0.05, 0) is 47.4 Å². The summed E-state index contributed by atoms with van der Waals surface area (Å²) >= 11 is 0. The Hall–Kier alpha value is -2.56. The van der Waals surface area contributed by atoms with Crippen molar-refractivity contribution in [2.24, 2.45) is 17.3 Å². The van der Waals surface area contributed by atoms with Crippen LogP contribution < -0.4 is 0 Å². The second-order valence-corrected chi connectivity index (χ2v) is 8.24. The monoisotopic (exact) mass is 402 g/mol. The second-order valence-electron chi connectivity index (χ2n) is 8.24. The maximum Gasteiger partial charge on any atom is 0.412 e. The van der Waals surface area contributed by atoms with Gasteiger partial charge in [-0.1, -0.05) is 68.5 Å². The number of allylic oxidation sites excluding steroid dienone is 2. The molecule has 0 aliphatic heterocycles. The molecule has 2 aromatic carbocycles. The lowest BCUT2D eigenvalue weighted by Gasteiger charge is -2.12. The van der Waals surface area contributed by atoms with E-state index in [1.165, 1.54) is 0 Å². The molecule has 0 unspecified atom stereocenters. The minimum atomic E-state index is -4.37. The van der Waals surface area contributed by atoms with Crippen molar-refractivity contribution >= 4 is 5.97 Å². The molecule has 29 heavy (non-hydrogen) atoms. The first-order chi connectivity index (χ1) is 13.5. The Morgan fingerprint density at radius 2 is 1.76 bits per heavy atom. The van der Waals surface area contributed by atoms with Gasteiger partial charge >= 0.3 is 12.1 Å². The summed E-state index contributed by atoms with van der Waals surface area (Å²) in [6, 6.07) is 15.8. The van der Waals surface area contributed by atoms with Crippen LogP contribution in [0.3, 0.4) is 0 Å². The van der Waals surface area contributed by atoms with E-state index in [1.54, 1.807) is 13.8 Å². The lowest BCUT2D eigenvalue weighted by molar-refractivity contribution is -0.147. The van der Waals surface area contributed by atoms with E-state index in [9.17, 15) is 18.0 Å². The highest BCUT2D eigenvalue weighted by molar-refractivity contribution is 5.78. The number of esters is 1. The Bertz CT molecular complexity index is 927. The highest BCUT2D eigenvalue weighted by Crippen LogP contribution is 2.60. The minimum Gasteiger partial charge on any atom is -0.461 e. The van der Waals surface area contributed by atoms with Gasteiger partial charge in [0.25, 0.3) is 0 Å². The standard InChI is InChI=1S/C24H25F3O2/c1-15(24(25,26)27)13-20-21(23(20,3)4)22(28)29-14-18-11-8-12-19(16(18)2)17-9-6-5-7-10-17/h5-13,20-21H,14H2,1-4H3/b15-13+/t20-,21-/m1/s1. The van der Waals surface area contributed by atoms with E-state index >= 15 is 0 Å². The van der Waals surface area contributed by atoms with Crippen molar-refractivity contribution in [1.82, 2.24) is 0 Å². The highest BCUT2D eigenvalue weighted by atomic mass is 19.4. The molecule has 2 aromatic rings. The molecule has 2 atom stereocenters. The highest BCUT2D eigenvalue weighted by Gasteiger charge is 2.62. The van der Waals surface area contributed by atoms with Crippen molar-refractivity contribution in [3.8, 4) is 11.1 Å². The summed E-state index contributed by atoms with van der Waals surface area (Å²) in [5.74, 6) is -1.47. The van der Waals surface area contributed by atoms with E-state index in [2.05, 4.69) is 0 Å². The fraction of sp³-hybridized carbons (Fsp3) is 0.375. The molecule has 0 bridgehead atoms. The van der Waals surface area contributed by atoms with E-state index in [4.69, 9.17) is 4.74 Å². The summed E-state index contributed by atoms with van der Waals surface area (Å²) in [7, 11) is 0. The van der Waals surface area contributed by atoms with Crippen molar-refractivity contribution < 1.29 is 22.7 Å². The molecule has 154 valence electrons. The molecule has 0 aromatic heterocycles. The Kier molecular flexibility index (Phi) is 5.61. The summed E-state index contributed by atoms with van der Waals surface area (Å²) in [5.41, 5.74) is 2.84. The molecule has 5 heteroatoms. The van der Waals surface area contributed by atoms with Gasteiger partial charge in [-0.25, -0.2) is 0 Å². The average Bonchev–Trinajstić information content (AvgIpc) is 3.20. The smallest absolute Gasteiger partial charge is 0.412 e. The van der Waals surface area contributed by atoms with E-state index in [-0.39, 0.29) is 6.61 Å². The summed E-state index contributed by atoms with van der Waals surface area (Å²) < 4.78 is 44.0. The molecule has 0 saturated heterocycles. The number of benzene rings is 2. The molecule has 1 fully saturated rings. The zero-order valence-electron chi connectivity index (χ0n) is 17.0. The molecular formula is C24H25F3O2.